The van der Waals surface area contributed by atoms with E-state index in [9.17, 15) is 4.39 Å². The third-order valence-electron chi connectivity index (χ3n) is 2.44. The van der Waals surface area contributed by atoms with E-state index in [-0.39, 0.29) is 5.82 Å². The molecule has 18 heavy (non-hydrogen) atoms. The summed E-state index contributed by atoms with van der Waals surface area (Å²) in [5.74, 6) is 0.549. The summed E-state index contributed by atoms with van der Waals surface area (Å²) < 4.78 is 19.2. The molecule has 0 aliphatic heterocycles. The van der Waals surface area contributed by atoms with Crippen LogP contribution in [0.5, 0.6) is 5.75 Å². The van der Waals surface area contributed by atoms with Crippen molar-refractivity contribution in [3.8, 4) is 5.75 Å². The van der Waals surface area contributed by atoms with E-state index >= 15 is 0 Å². The molecule has 0 aliphatic rings. The van der Waals surface area contributed by atoms with Crippen molar-refractivity contribution in [2.45, 2.75) is 11.9 Å². The van der Waals surface area contributed by atoms with Gasteiger partial charge in [0.2, 0.25) is 0 Å². The van der Waals surface area contributed by atoms with E-state index in [0.29, 0.717) is 11.1 Å². The van der Waals surface area contributed by atoms with E-state index in [1.54, 1.807) is 12.1 Å². The molecular formula is C14H11Br2FO. The Morgan fingerprint density at radius 1 is 1.06 bits per heavy atom. The van der Waals surface area contributed by atoms with Crippen molar-refractivity contribution >= 4 is 31.9 Å². The highest BCUT2D eigenvalue weighted by Gasteiger charge is 2.02. The van der Waals surface area contributed by atoms with Crippen molar-refractivity contribution in [2.24, 2.45) is 0 Å². The van der Waals surface area contributed by atoms with Crippen LogP contribution in [-0.2, 0) is 11.9 Å². The van der Waals surface area contributed by atoms with Crippen molar-refractivity contribution in [1.82, 2.24) is 0 Å². The third kappa shape index (κ3) is 3.56. The predicted octanol–water partition coefficient (Wildman–Crippen LogP) is 5.06. The van der Waals surface area contributed by atoms with Gasteiger partial charge in [-0.1, -0.05) is 34.1 Å². The van der Waals surface area contributed by atoms with E-state index in [0.717, 1.165) is 22.2 Å². The maximum Gasteiger partial charge on any atom is 0.137 e. The summed E-state index contributed by atoms with van der Waals surface area (Å²) in [7, 11) is 0. The van der Waals surface area contributed by atoms with Gasteiger partial charge in [-0.2, -0.15) is 0 Å². The Hall–Kier alpha value is -0.870. The first-order chi connectivity index (χ1) is 8.69. The lowest BCUT2D eigenvalue weighted by Gasteiger charge is -2.08. The smallest absolute Gasteiger partial charge is 0.137 e. The van der Waals surface area contributed by atoms with Crippen molar-refractivity contribution in [2.75, 3.05) is 0 Å². The summed E-state index contributed by atoms with van der Waals surface area (Å²) >= 11 is 6.56. The highest BCUT2D eigenvalue weighted by Crippen LogP contribution is 2.20. The molecule has 0 fully saturated rings. The van der Waals surface area contributed by atoms with Crippen LogP contribution in [0.1, 0.15) is 11.1 Å². The van der Waals surface area contributed by atoms with Gasteiger partial charge in [-0.05, 0) is 51.3 Å². The molecule has 0 atom stereocenters. The minimum atomic E-state index is -0.264. The van der Waals surface area contributed by atoms with E-state index in [2.05, 4.69) is 31.9 Å². The standard InChI is InChI=1S/C14H11Br2FO/c15-8-10-2-1-3-12(6-10)18-9-11-4-5-14(17)13(16)7-11/h1-7H,8-9H2. The lowest BCUT2D eigenvalue weighted by molar-refractivity contribution is 0.306. The molecule has 0 saturated heterocycles. The Morgan fingerprint density at radius 2 is 1.89 bits per heavy atom. The molecule has 94 valence electrons. The first-order valence-corrected chi connectivity index (χ1v) is 7.32. The van der Waals surface area contributed by atoms with E-state index in [1.165, 1.54) is 6.07 Å². The summed E-state index contributed by atoms with van der Waals surface area (Å²) in [6.07, 6.45) is 0. The van der Waals surface area contributed by atoms with Gasteiger partial charge in [0.25, 0.3) is 0 Å². The number of alkyl halides is 1. The third-order valence-corrected chi connectivity index (χ3v) is 3.70. The minimum absolute atomic E-state index is 0.264. The monoisotopic (exact) mass is 372 g/mol. The molecule has 4 heteroatoms. The number of hydrogen-bond acceptors (Lipinski definition) is 1. The molecular weight excluding hydrogens is 363 g/mol. The second-order valence-corrected chi connectivity index (χ2v) is 5.23. The molecule has 0 unspecified atom stereocenters. The van der Waals surface area contributed by atoms with Crippen LogP contribution in [0, 0.1) is 5.82 Å². The summed E-state index contributed by atoms with van der Waals surface area (Å²) in [6, 6.07) is 12.7. The molecule has 2 rings (SSSR count). The molecule has 0 spiro atoms. The Kier molecular flexibility index (Phi) is 4.78. The number of benzene rings is 2. The molecule has 0 heterocycles. The molecule has 0 aliphatic carbocycles. The fraction of sp³-hybridized carbons (Fsp3) is 0.143. The van der Waals surface area contributed by atoms with Crippen LogP contribution in [-0.4, -0.2) is 0 Å². The van der Waals surface area contributed by atoms with Gasteiger partial charge in [-0.3, -0.25) is 0 Å². The van der Waals surface area contributed by atoms with Gasteiger partial charge in [0, 0.05) is 5.33 Å². The first-order valence-electron chi connectivity index (χ1n) is 5.40. The van der Waals surface area contributed by atoms with Gasteiger partial charge in [0.15, 0.2) is 0 Å². The zero-order valence-corrected chi connectivity index (χ0v) is 12.7. The topological polar surface area (TPSA) is 9.23 Å². The Labute approximate surface area is 122 Å². The van der Waals surface area contributed by atoms with Crippen LogP contribution >= 0.6 is 31.9 Å². The zero-order valence-electron chi connectivity index (χ0n) is 9.50. The predicted molar refractivity (Wildman–Crippen MR) is 77.5 cm³/mol. The molecule has 0 aromatic heterocycles. The zero-order chi connectivity index (χ0) is 13.0. The van der Waals surface area contributed by atoms with Crippen molar-refractivity contribution in [3.63, 3.8) is 0 Å². The fourth-order valence-electron chi connectivity index (χ4n) is 1.51. The maximum absolute atomic E-state index is 13.1. The quantitative estimate of drug-likeness (QED) is 0.680. The Balaban J connectivity index is 2.04. The van der Waals surface area contributed by atoms with Crippen molar-refractivity contribution in [3.05, 3.63) is 63.9 Å². The second kappa shape index (κ2) is 6.34. The largest absolute Gasteiger partial charge is 0.489 e. The van der Waals surface area contributed by atoms with Crippen LogP contribution in [0.15, 0.2) is 46.9 Å². The van der Waals surface area contributed by atoms with Crippen LogP contribution in [0.4, 0.5) is 4.39 Å². The van der Waals surface area contributed by atoms with Gasteiger partial charge in [0.1, 0.15) is 18.2 Å². The summed E-state index contributed by atoms with van der Waals surface area (Å²) in [6.45, 7) is 0.421. The highest BCUT2D eigenvalue weighted by molar-refractivity contribution is 9.10. The molecule has 2 aromatic carbocycles. The van der Waals surface area contributed by atoms with Crippen LogP contribution < -0.4 is 4.74 Å². The number of rotatable bonds is 4. The van der Waals surface area contributed by atoms with Crippen LogP contribution in [0.2, 0.25) is 0 Å². The van der Waals surface area contributed by atoms with Crippen LogP contribution in [0.25, 0.3) is 0 Å². The molecule has 0 amide bonds. The van der Waals surface area contributed by atoms with Gasteiger partial charge < -0.3 is 4.74 Å². The summed E-state index contributed by atoms with van der Waals surface area (Å²) in [5, 5.41) is 0.798. The van der Waals surface area contributed by atoms with Gasteiger partial charge in [-0.25, -0.2) is 4.39 Å². The van der Waals surface area contributed by atoms with E-state index < -0.39 is 0 Å². The van der Waals surface area contributed by atoms with Crippen molar-refractivity contribution < 1.29 is 9.13 Å². The highest BCUT2D eigenvalue weighted by atomic mass is 79.9. The molecule has 0 saturated carbocycles. The molecule has 2 aromatic rings. The molecule has 1 nitrogen and oxygen atoms in total. The second-order valence-electron chi connectivity index (χ2n) is 3.82. The minimum Gasteiger partial charge on any atom is -0.489 e. The summed E-state index contributed by atoms with van der Waals surface area (Å²) in [5.41, 5.74) is 2.08. The van der Waals surface area contributed by atoms with Crippen LogP contribution in [0.3, 0.4) is 0 Å². The number of halogens is 3. The summed E-state index contributed by atoms with van der Waals surface area (Å²) in [4.78, 5) is 0. The fourth-order valence-corrected chi connectivity index (χ4v) is 2.29. The average Bonchev–Trinajstić information content (AvgIpc) is 2.40. The number of hydrogen-bond donors (Lipinski definition) is 0. The van der Waals surface area contributed by atoms with Gasteiger partial charge in [0.05, 0.1) is 4.47 Å². The molecule has 0 N–H and O–H groups in total. The molecule has 0 bridgehead atoms. The Morgan fingerprint density at radius 3 is 2.61 bits per heavy atom. The lowest BCUT2D eigenvalue weighted by atomic mass is 10.2. The SMILES string of the molecule is Fc1ccc(COc2cccc(CBr)c2)cc1Br. The van der Waals surface area contributed by atoms with E-state index in [4.69, 9.17) is 4.74 Å². The van der Waals surface area contributed by atoms with Crippen molar-refractivity contribution in [1.29, 1.82) is 0 Å². The van der Waals surface area contributed by atoms with E-state index in [1.807, 2.05) is 24.3 Å². The van der Waals surface area contributed by atoms with Gasteiger partial charge >= 0.3 is 0 Å². The normalized spacial score (nSPS) is 10.4. The molecule has 0 radical (unpaired) electrons. The van der Waals surface area contributed by atoms with Gasteiger partial charge in [-0.15, -0.1) is 0 Å². The Bertz CT molecular complexity index is 543. The average molecular weight is 374 g/mol. The maximum atomic E-state index is 13.1. The lowest BCUT2D eigenvalue weighted by Crippen LogP contribution is -1.96. The number of ether oxygens (including phenoxy) is 1. The first kappa shape index (κ1) is 13.6.